The van der Waals surface area contributed by atoms with Gasteiger partial charge in [0.15, 0.2) is 5.96 Å². The molecular formula is C14H27N3. The van der Waals surface area contributed by atoms with Crippen LogP contribution in [0.1, 0.15) is 46.5 Å². The van der Waals surface area contributed by atoms with Crippen molar-refractivity contribution in [2.24, 2.45) is 16.3 Å². The van der Waals surface area contributed by atoms with Gasteiger partial charge >= 0.3 is 0 Å². The average molecular weight is 237 g/mol. The van der Waals surface area contributed by atoms with Crippen molar-refractivity contribution in [2.45, 2.75) is 52.5 Å². The number of likely N-dealkylation sites (tertiary alicyclic amines) is 1. The predicted molar refractivity (Wildman–Crippen MR) is 73.3 cm³/mol. The van der Waals surface area contributed by atoms with Crippen LogP contribution in [0.3, 0.4) is 0 Å². The highest BCUT2D eigenvalue weighted by Crippen LogP contribution is 2.35. The number of nitrogens with one attached hydrogen (secondary N) is 1. The lowest BCUT2D eigenvalue weighted by Crippen LogP contribution is -2.42. The summed E-state index contributed by atoms with van der Waals surface area (Å²) >= 11 is 0. The first-order valence-electron chi connectivity index (χ1n) is 7.04. The molecule has 2 unspecified atom stereocenters. The van der Waals surface area contributed by atoms with Gasteiger partial charge < -0.3 is 10.2 Å². The van der Waals surface area contributed by atoms with Crippen LogP contribution >= 0.6 is 0 Å². The van der Waals surface area contributed by atoms with Crippen molar-refractivity contribution in [3.63, 3.8) is 0 Å². The average Bonchev–Trinajstić information content (AvgIpc) is 2.90. The lowest BCUT2D eigenvalue weighted by atomic mass is 9.93. The van der Waals surface area contributed by atoms with Crippen LogP contribution in [0.25, 0.3) is 0 Å². The van der Waals surface area contributed by atoms with E-state index in [4.69, 9.17) is 0 Å². The molecule has 1 aliphatic carbocycles. The van der Waals surface area contributed by atoms with Crippen molar-refractivity contribution in [2.75, 3.05) is 20.1 Å². The van der Waals surface area contributed by atoms with Gasteiger partial charge in [0.05, 0.1) is 0 Å². The lowest BCUT2D eigenvalue weighted by Gasteiger charge is -2.23. The minimum Gasteiger partial charge on any atom is -0.353 e. The summed E-state index contributed by atoms with van der Waals surface area (Å²) in [5.74, 6) is 2.02. The van der Waals surface area contributed by atoms with E-state index in [2.05, 4.69) is 36.0 Å². The molecule has 3 heteroatoms. The summed E-state index contributed by atoms with van der Waals surface area (Å²) < 4.78 is 0. The maximum Gasteiger partial charge on any atom is 0.193 e. The Kier molecular flexibility index (Phi) is 3.64. The summed E-state index contributed by atoms with van der Waals surface area (Å²) in [6, 6.07) is 0.692. The molecule has 1 saturated carbocycles. The molecule has 0 aromatic rings. The van der Waals surface area contributed by atoms with E-state index in [-0.39, 0.29) is 0 Å². The second kappa shape index (κ2) is 4.87. The van der Waals surface area contributed by atoms with E-state index in [0.29, 0.717) is 11.5 Å². The number of hydrogen-bond acceptors (Lipinski definition) is 1. The van der Waals surface area contributed by atoms with Crippen LogP contribution in [0, 0.1) is 11.3 Å². The van der Waals surface area contributed by atoms with Crippen LogP contribution in [-0.2, 0) is 0 Å². The van der Waals surface area contributed by atoms with E-state index in [1.807, 2.05) is 7.05 Å². The number of nitrogens with zero attached hydrogens (tertiary/aromatic N) is 2. The van der Waals surface area contributed by atoms with Crippen LogP contribution < -0.4 is 5.32 Å². The van der Waals surface area contributed by atoms with Gasteiger partial charge in [-0.1, -0.05) is 27.2 Å². The van der Waals surface area contributed by atoms with Crippen molar-refractivity contribution < 1.29 is 0 Å². The third-order valence-electron chi connectivity index (χ3n) is 4.09. The molecule has 98 valence electrons. The molecule has 1 aliphatic heterocycles. The van der Waals surface area contributed by atoms with Crippen molar-refractivity contribution in [3.05, 3.63) is 0 Å². The van der Waals surface area contributed by atoms with Crippen molar-refractivity contribution >= 4 is 5.96 Å². The van der Waals surface area contributed by atoms with E-state index in [0.717, 1.165) is 25.0 Å². The monoisotopic (exact) mass is 237 g/mol. The molecule has 2 rings (SSSR count). The molecule has 3 nitrogen and oxygen atoms in total. The number of guanidine groups is 1. The fraction of sp³-hybridized carbons (Fsp3) is 0.929. The topological polar surface area (TPSA) is 27.6 Å². The van der Waals surface area contributed by atoms with Gasteiger partial charge in [0.1, 0.15) is 0 Å². The molecule has 0 aromatic heterocycles. The second-order valence-corrected chi connectivity index (χ2v) is 6.42. The molecule has 2 aliphatic rings. The van der Waals surface area contributed by atoms with Crippen molar-refractivity contribution in [1.29, 1.82) is 0 Å². The van der Waals surface area contributed by atoms with E-state index in [1.165, 1.54) is 25.7 Å². The molecule has 2 fully saturated rings. The molecule has 0 spiro atoms. The first-order valence-corrected chi connectivity index (χ1v) is 7.04. The van der Waals surface area contributed by atoms with Crippen LogP contribution in [0.4, 0.5) is 0 Å². The Morgan fingerprint density at radius 1 is 1.47 bits per heavy atom. The fourth-order valence-corrected chi connectivity index (χ4v) is 2.87. The Bertz CT molecular complexity index is 296. The summed E-state index contributed by atoms with van der Waals surface area (Å²) in [4.78, 5) is 6.86. The van der Waals surface area contributed by atoms with Crippen LogP contribution in [0.15, 0.2) is 4.99 Å². The van der Waals surface area contributed by atoms with Gasteiger partial charge in [0.2, 0.25) is 0 Å². The SMILES string of the molecule is CCCC1CC1NC(=NC)N1CCC(C)(C)C1. The second-order valence-electron chi connectivity index (χ2n) is 6.42. The zero-order valence-electron chi connectivity index (χ0n) is 11.8. The molecule has 1 saturated heterocycles. The van der Waals surface area contributed by atoms with Crippen LogP contribution in [0.5, 0.6) is 0 Å². The van der Waals surface area contributed by atoms with E-state index in [9.17, 15) is 0 Å². The van der Waals surface area contributed by atoms with Crippen molar-refractivity contribution in [1.82, 2.24) is 10.2 Å². The van der Waals surface area contributed by atoms with Gasteiger partial charge in [-0.2, -0.15) is 0 Å². The summed E-state index contributed by atoms with van der Waals surface area (Å²) in [6.07, 6.45) is 5.28. The van der Waals surface area contributed by atoms with Gasteiger partial charge in [-0.05, 0) is 30.6 Å². The smallest absolute Gasteiger partial charge is 0.193 e. The molecular weight excluding hydrogens is 210 g/mol. The van der Waals surface area contributed by atoms with Gasteiger partial charge in [-0.15, -0.1) is 0 Å². The molecule has 0 aromatic carbocycles. The summed E-state index contributed by atoms with van der Waals surface area (Å²) in [7, 11) is 1.91. The van der Waals surface area contributed by atoms with Gasteiger partial charge in [0, 0.05) is 26.2 Å². The predicted octanol–water partition coefficient (Wildman–Crippen LogP) is 2.48. The minimum absolute atomic E-state index is 0.448. The summed E-state index contributed by atoms with van der Waals surface area (Å²) in [6.45, 7) is 9.25. The Morgan fingerprint density at radius 3 is 2.76 bits per heavy atom. The van der Waals surface area contributed by atoms with Gasteiger partial charge in [-0.3, -0.25) is 4.99 Å². The van der Waals surface area contributed by atoms with Crippen LogP contribution in [0.2, 0.25) is 0 Å². The zero-order valence-corrected chi connectivity index (χ0v) is 11.8. The van der Waals surface area contributed by atoms with Gasteiger partial charge in [0.25, 0.3) is 0 Å². The zero-order chi connectivity index (χ0) is 12.5. The maximum atomic E-state index is 4.44. The quantitative estimate of drug-likeness (QED) is 0.603. The van der Waals surface area contributed by atoms with Crippen LogP contribution in [-0.4, -0.2) is 37.0 Å². The summed E-state index contributed by atoms with van der Waals surface area (Å²) in [5.41, 5.74) is 0.448. The van der Waals surface area contributed by atoms with Gasteiger partial charge in [-0.25, -0.2) is 0 Å². The third kappa shape index (κ3) is 3.14. The fourth-order valence-electron chi connectivity index (χ4n) is 2.87. The lowest BCUT2D eigenvalue weighted by molar-refractivity contribution is 0.369. The first kappa shape index (κ1) is 12.7. The summed E-state index contributed by atoms with van der Waals surface area (Å²) in [5, 5.41) is 3.63. The molecule has 0 radical (unpaired) electrons. The Labute approximate surface area is 106 Å². The molecule has 2 atom stereocenters. The number of aliphatic imine (C=N–C) groups is 1. The largest absolute Gasteiger partial charge is 0.353 e. The Hall–Kier alpha value is -0.730. The number of hydrogen-bond donors (Lipinski definition) is 1. The molecule has 0 amide bonds. The highest BCUT2D eigenvalue weighted by Gasteiger charge is 2.38. The Balaban J connectivity index is 1.83. The van der Waals surface area contributed by atoms with Crippen molar-refractivity contribution in [3.8, 4) is 0 Å². The Morgan fingerprint density at radius 2 is 2.24 bits per heavy atom. The van der Waals surface area contributed by atoms with E-state index >= 15 is 0 Å². The normalized spacial score (nSPS) is 31.8. The molecule has 1 N–H and O–H groups in total. The number of rotatable bonds is 3. The molecule has 17 heavy (non-hydrogen) atoms. The molecule has 1 heterocycles. The van der Waals surface area contributed by atoms with E-state index in [1.54, 1.807) is 0 Å². The highest BCUT2D eigenvalue weighted by molar-refractivity contribution is 5.80. The first-order chi connectivity index (χ1) is 8.05. The maximum absolute atomic E-state index is 4.44. The van der Waals surface area contributed by atoms with E-state index < -0.39 is 0 Å². The highest BCUT2D eigenvalue weighted by atomic mass is 15.3. The molecule has 0 bridgehead atoms. The third-order valence-corrected chi connectivity index (χ3v) is 4.09. The minimum atomic E-state index is 0.448. The standard InChI is InChI=1S/C14H27N3/c1-5-6-11-9-12(11)16-13(15-4)17-8-7-14(2,3)10-17/h11-12H,5-10H2,1-4H3,(H,15,16).